The Labute approximate surface area is 231 Å². The maximum atomic E-state index is 13.6. The number of hydrogen-bond acceptors (Lipinski definition) is 5. The second kappa shape index (κ2) is 12.1. The molecule has 0 spiro atoms. The Morgan fingerprint density at radius 2 is 1.71 bits per heavy atom. The Morgan fingerprint density at radius 3 is 2.39 bits per heavy atom. The molecule has 0 bridgehead atoms. The molecule has 1 aliphatic rings. The summed E-state index contributed by atoms with van der Waals surface area (Å²) >= 11 is 7.22. The minimum Gasteiger partial charge on any atom is -0.325 e. The second-order valence-corrected chi connectivity index (χ2v) is 10.5. The van der Waals surface area contributed by atoms with Crippen LogP contribution in [-0.2, 0) is 9.59 Å². The molecule has 1 aliphatic heterocycles. The molecule has 0 radical (unpaired) electrons. The van der Waals surface area contributed by atoms with E-state index >= 15 is 0 Å². The predicted molar refractivity (Wildman–Crippen MR) is 156 cm³/mol. The average Bonchev–Trinajstić information content (AvgIpc) is 2.88. The van der Waals surface area contributed by atoms with E-state index in [0.717, 1.165) is 16.7 Å². The number of thioether (sulfide) groups is 1. The van der Waals surface area contributed by atoms with Gasteiger partial charge in [0.25, 0.3) is 5.91 Å². The van der Waals surface area contributed by atoms with Gasteiger partial charge in [0.1, 0.15) is 5.92 Å². The highest BCUT2D eigenvalue weighted by Gasteiger charge is 2.39. The zero-order valence-corrected chi connectivity index (χ0v) is 22.9. The van der Waals surface area contributed by atoms with Crippen molar-refractivity contribution in [2.75, 3.05) is 16.4 Å². The van der Waals surface area contributed by atoms with Gasteiger partial charge in [0.05, 0.1) is 16.9 Å². The molecule has 38 heavy (non-hydrogen) atoms. The molecule has 8 heteroatoms. The zero-order chi connectivity index (χ0) is 27.2. The van der Waals surface area contributed by atoms with E-state index in [2.05, 4.69) is 21.7 Å². The highest BCUT2D eigenvalue weighted by atomic mass is 35.5. The highest BCUT2D eigenvalue weighted by molar-refractivity contribution is 8.14. The lowest BCUT2D eigenvalue weighted by atomic mass is 9.77. The zero-order valence-electron chi connectivity index (χ0n) is 21.3. The summed E-state index contributed by atoms with van der Waals surface area (Å²) in [6, 6.07) is 24.5. The van der Waals surface area contributed by atoms with E-state index in [0.29, 0.717) is 32.7 Å². The summed E-state index contributed by atoms with van der Waals surface area (Å²) in [7, 11) is 0. The van der Waals surface area contributed by atoms with Gasteiger partial charge in [-0.1, -0.05) is 59.8 Å². The van der Waals surface area contributed by atoms with Gasteiger partial charge in [0.2, 0.25) is 5.91 Å². The monoisotopic (exact) mass is 542 g/mol. The lowest BCUT2D eigenvalue weighted by Crippen LogP contribution is -2.32. The van der Waals surface area contributed by atoms with Crippen molar-refractivity contribution in [3.63, 3.8) is 0 Å². The Balaban J connectivity index is 1.64. The summed E-state index contributed by atoms with van der Waals surface area (Å²) < 4.78 is 0. The molecule has 0 aliphatic carbocycles. The Hall–Kier alpha value is -3.86. The van der Waals surface area contributed by atoms with Crippen LogP contribution in [0.5, 0.6) is 0 Å². The SMILES string of the molecule is CC1=C(C(=O)Nc2ccc(Cl)cc2)C(c2ccccc2C)C(C#N)C(SCC(=O)Nc2cccc(C)c2)=N1. The summed E-state index contributed by atoms with van der Waals surface area (Å²) in [4.78, 5) is 30.9. The van der Waals surface area contributed by atoms with Crippen LogP contribution in [0.4, 0.5) is 11.4 Å². The second-order valence-electron chi connectivity index (χ2n) is 9.06. The molecule has 0 saturated carbocycles. The Kier molecular flexibility index (Phi) is 8.67. The number of amides is 2. The van der Waals surface area contributed by atoms with Crippen molar-refractivity contribution in [2.45, 2.75) is 26.7 Å². The molecule has 3 aromatic rings. The fourth-order valence-electron chi connectivity index (χ4n) is 4.45. The third-order valence-corrected chi connectivity index (χ3v) is 7.54. The number of halogens is 1. The summed E-state index contributed by atoms with van der Waals surface area (Å²) in [6.07, 6.45) is 0. The quantitative estimate of drug-likeness (QED) is 0.355. The Morgan fingerprint density at radius 1 is 0.974 bits per heavy atom. The number of aliphatic imine (C=N–C) groups is 1. The van der Waals surface area contributed by atoms with Gasteiger partial charge in [-0.15, -0.1) is 0 Å². The minimum absolute atomic E-state index is 0.0883. The van der Waals surface area contributed by atoms with E-state index in [9.17, 15) is 14.9 Å². The van der Waals surface area contributed by atoms with Gasteiger partial charge in [0.15, 0.2) is 0 Å². The van der Waals surface area contributed by atoms with Crippen LogP contribution in [-0.4, -0.2) is 22.6 Å². The van der Waals surface area contributed by atoms with Gasteiger partial charge in [-0.25, -0.2) is 4.99 Å². The van der Waals surface area contributed by atoms with Gasteiger partial charge in [0, 0.05) is 33.6 Å². The maximum absolute atomic E-state index is 13.6. The number of carbonyl (C=O) groups excluding carboxylic acids is 2. The normalized spacial score (nSPS) is 16.9. The van der Waals surface area contributed by atoms with Crippen molar-refractivity contribution in [1.82, 2.24) is 0 Å². The fourth-order valence-corrected chi connectivity index (χ4v) is 5.50. The van der Waals surface area contributed by atoms with Crippen LogP contribution >= 0.6 is 23.4 Å². The van der Waals surface area contributed by atoms with E-state index in [1.165, 1.54) is 11.8 Å². The lowest BCUT2D eigenvalue weighted by Gasteiger charge is -2.31. The summed E-state index contributed by atoms with van der Waals surface area (Å²) in [6.45, 7) is 5.69. The van der Waals surface area contributed by atoms with Gasteiger partial charge in [-0.3, -0.25) is 9.59 Å². The first-order valence-electron chi connectivity index (χ1n) is 12.1. The van der Waals surface area contributed by atoms with Gasteiger partial charge < -0.3 is 10.6 Å². The van der Waals surface area contributed by atoms with Gasteiger partial charge in [-0.2, -0.15) is 5.26 Å². The van der Waals surface area contributed by atoms with E-state index in [4.69, 9.17) is 11.6 Å². The van der Waals surface area contributed by atoms with Crippen LogP contribution in [0, 0.1) is 31.1 Å². The summed E-state index contributed by atoms with van der Waals surface area (Å²) in [5.74, 6) is -1.72. The van der Waals surface area contributed by atoms with E-state index in [-0.39, 0.29) is 17.6 Å². The standard InChI is InChI=1S/C30H27ClN4O2S/c1-18-7-6-9-23(15-18)34-26(36)17-38-30-25(16-32)28(24-10-5-4-8-19(24)2)27(20(3)33-30)29(37)35-22-13-11-21(31)12-14-22/h4-15,25,28H,17H2,1-3H3,(H,34,36)(H,35,37). The molecule has 6 nitrogen and oxygen atoms in total. The third kappa shape index (κ3) is 6.34. The molecule has 2 atom stereocenters. The number of carbonyl (C=O) groups is 2. The number of nitrogens with one attached hydrogen (secondary N) is 2. The molecule has 192 valence electrons. The number of allylic oxidation sites excluding steroid dienone is 1. The number of benzene rings is 3. The summed E-state index contributed by atoms with van der Waals surface area (Å²) in [5, 5.41) is 17.2. The average molecular weight is 543 g/mol. The molecule has 2 amide bonds. The molecule has 2 unspecified atom stereocenters. The fraction of sp³-hybridized carbons (Fsp3) is 0.200. The van der Waals surface area contributed by atoms with Crippen molar-refractivity contribution in [3.8, 4) is 6.07 Å². The smallest absolute Gasteiger partial charge is 0.254 e. The molecule has 0 fully saturated rings. The molecular weight excluding hydrogens is 516 g/mol. The molecule has 2 N–H and O–H groups in total. The van der Waals surface area contributed by atoms with Crippen molar-refractivity contribution < 1.29 is 9.59 Å². The number of nitriles is 1. The van der Waals surface area contributed by atoms with Crippen LogP contribution in [0.25, 0.3) is 0 Å². The summed E-state index contributed by atoms with van der Waals surface area (Å²) in [5.41, 5.74) is 5.12. The molecular formula is C30H27ClN4O2S. The molecule has 3 aromatic carbocycles. The largest absolute Gasteiger partial charge is 0.325 e. The number of aryl methyl sites for hydroxylation is 2. The third-order valence-electron chi connectivity index (χ3n) is 6.24. The molecule has 0 aromatic heterocycles. The van der Waals surface area contributed by atoms with Crippen LogP contribution < -0.4 is 10.6 Å². The topological polar surface area (TPSA) is 94.4 Å². The maximum Gasteiger partial charge on any atom is 0.254 e. The first kappa shape index (κ1) is 27.2. The predicted octanol–water partition coefficient (Wildman–Crippen LogP) is 6.88. The molecule has 4 rings (SSSR count). The van der Waals surface area contributed by atoms with E-state index < -0.39 is 11.8 Å². The van der Waals surface area contributed by atoms with E-state index in [1.807, 2.05) is 62.4 Å². The van der Waals surface area contributed by atoms with Crippen molar-refractivity contribution >= 4 is 51.6 Å². The van der Waals surface area contributed by atoms with Crippen molar-refractivity contribution in [1.29, 1.82) is 5.26 Å². The highest BCUT2D eigenvalue weighted by Crippen LogP contribution is 2.42. The van der Waals surface area contributed by atoms with Crippen molar-refractivity contribution in [3.05, 3.63) is 106 Å². The number of anilines is 2. The first-order chi connectivity index (χ1) is 18.3. The number of nitrogens with zero attached hydrogens (tertiary/aromatic N) is 2. The Bertz CT molecular complexity index is 1470. The number of hydrogen-bond donors (Lipinski definition) is 2. The van der Waals surface area contributed by atoms with Crippen LogP contribution in [0.1, 0.15) is 29.5 Å². The molecule has 1 heterocycles. The van der Waals surface area contributed by atoms with Gasteiger partial charge >= 0.3 is 0 Å². The van der Waals surface area contributed by atoms with Crippen LogP contribution in [0.15, 0.2) is 89.1 Å². The van der Waals surface area contributed by atoms with Crippen LogP contribution in [0.3, 0.4) is 0 Å². The lowest BCUT2D eigenvalue weighted by molar-refractivity contribution is -0.114. The van der Waals surface area contributed by atoms with Gasteiger partial charge in [-0.05, 0) is 73.9 Å². The van der Waals surface area contributed by atoms with Crippen molar-refractivity contribution in [2.24, 2.45) is 10.9 Å². The minimum atomic E-state index is -0.734. The molecule has 0 saturated heterocycles. The van der Waals surface area contributed by atoms with Crippen LogP contribution in [0.2, 0.25) is 5.02 Å². The van der Waals surface area contributed by atoms with E-state index in [1.54, 1.807) is 31.2 Å². The first-order valence-corrected chi connectivity index (χ1v) is 13.4. The number of rotatable bonds is 6.